The van der Waals surface area contributed by atoms with Crippen LogP contribution in [0.4, 0.5) is 5.82 Å². The van der Waals surface area contributed by atoms with Crippen molar-refractivity contribution in [2.24, 2.45) is 0 Å². The second-order valence-corrected chi connectivity index (χ2v) is 4.38. The summed E-state index contributed by atoms with van der Waals surface area (Å²) >= 11 is 0. The Labute approximate surface area is 106 Å². The molecule has 3 aromatic rings. The molecule has 0 amide bonds. The van der Waals surface area contributed by atoms with Crippen molar-refractivity contribution in [3.8, 4) is 0 Å². The largest absolute Gasteiger partial charge is 0.356 e. The lowest BCUT2D eigenvalue weighted by atomic mass is 10.2. The van der Waals surface area contributed by atoms with Gasteiger partial charge in [-0.15, -0.1) is 0 Å². The lowest BCUT2D eigenvalue weighted by Crippen LogP contribution is -2.17. The Hall–Kier alpha value is -2.29. The second-order valence-electron chi connectivity index (χ2n) is 4.38. The van der Waals surface area contributed by atoms with Crippen molar-refractivity contribution in [1.29, 1.82) is 0 Å². The van der Waals surface area contributed by atoms with Crippen LogP contribution in [-0.4, -0.2) is 16.4 Å². The van der Waals surface area contributed by atoms with Crippen molar-refractivity contribution in [1.82, 2.24) is 9.38 Å². The first-order chi connectivity index (χ1) is 8.84. The molecule has 0 aliphatic rings. The van der Waals surface area contributed by atoms with Gasteiger partial charge < -0.3 is 4.90 Å². The molecule has 2 heterocycles. The lowest BCUT2D eigenvalue weighted by molar-refractivity contribution is 0.885. The molecule has 0 spiro atoms. The van der Waals surface area contributed by atoms with Crippen LogP contribution in [0.25, 0.3) is 5.65 Å². The van der Waals surface area contributed by atoms with Crippen LogP contribution in [0.5, 0.6) is 0 Å². The summed E-state index contributed by atoms with van der Waals surface area (Å²) in [6, 6.07) is 16.6. The molecule has 0 aliphatic heterocycles. The molecular weight excluding hydrogens is 222 g/mol. The zero-order chi connectivity index (χ0) is 12.4. The number of aromatic nitrogens is 2. The maximum Gasteiger partial charge on any atom is 0.138 e. The number of fused-ring (bicyclic) bond motifs is 1. The first-order valence-corrected chi connectivity index (χ1v) is 6.02. The Kier molecular flexibility index (Phi) is 2.73. The summed E-state index contributed by atoms with van der Waals surface area (Å²) in [6.45, 7) is 0.891. The van der Waals surface area contributed by atoms with Gasteiger partial charge in [0.1, 0.15) is 11.5 Å². The number of hydrogen-bond acceptors (Lipinski definition) is 2. The van der Waals surface area contributed by atoms with Gasteiger partial charge in [-0.2, -0.15) is 0 Å². The molecule has 3 heteroatoms. The molecule has 0 atom stereocenters. The Morgan fingerprint density at radius 2 is 1.89 bits per heavy atom. The summed E-state index contributed by atoms with van der Waals surface area (Å²) in [5, 5.41) is 0. The van der Waals surface area contributed by atoms with Crippen LogP contribution in [0.2, 0.25) is 0 Å². The third-order valence-electron chi connectivity index (χ3n) is 3.06. The van der Waals surface area contributed by atoms with Gasteiger partial charge in [-0.3, -0.25) is 4.40 Å². The second kappa shape index (κ2) is 4.53. The molecule has 0 bridgehead atoms. The molecule has 2 aromatic heterocycles. The molecule has 1 aromatic carbocycles. The van der Waals surface area contributed by atoms with Gasteiger partial charge in [0.15, 0.2) is 0 Å². The first kappa shape index (κ1) is 10.8. The van der Waals surface area contributed by atoms with Gasteiger partial charge in [0.25, 0.3) is 0 Å². The van der Waals surface area contributed by atoms with Crippen molar-refractivity contribution < 1.29 is 0 Å². The third kappa shape index (κ3) is 1.95. The van der Waals surface area contributed by atoms with Gasteiger partial charge >= 0.3 is 0 Å². The highest BCUT2D eigenvalue weighted by atomic mass is 15.2. The summed E-state index contributed by atoms with van der Waals surface area (Å²) in [4.78, 5) is 6.55. The standard InChI is InChI=1S/C15H15N3/c1-17(12-13-6-3-2-4-7-13)15-9-8-14-16-10-5-11-18(14)15/h2-11H,12H2,1H3. The van der Waals surface area contributed by atoms with Crippen LogP contribution in [0.1, 0.15) is 5.56 Å². The van der Waals surface area contributed by atoms with Gasteiger partial charge in [0, 0.05) is 26.0 Å². The molecule has 3 nitrogen and oxygen atoms in total. The molecule has 0 aliphatic carbocycles. The maximum atomic E-state index is 4.33. The van der Waals surface area contributed by atoms with E-state index in [1.54, 1.807) is 0 Å². The van der Waals surface area contributed by atoms with Crippen molar-refractivity contribution in [2.45, 2.75) is 6.54 Å². The predicted molar refractivity (Wildman–Crippen MR) is 73.7 cm³/mol. The van der Waals surface area contributed by atoms with Gasteiger partial charge in [0.2, 0.25) is 0 Å². The Morgan fingerprint density at radius 3 is 2.72 bits per heavy atom. The van der Waals surface area contributed by atoms with E-state index in [-0.39, 0.29) is 0 Å². The van der Waals surface area contributed by atoms with E-state index in [0.717, 1.165) is 18.0 Å². The fourth-order valence-corrected chi connectivity index (χ4v) is 2.18. The minimum absolute atomic E-state index is 0.891. The highest BCUT2D eigenvalue weighted by molar-refractivity contribution is 5.54. The van der Waals surface area contributed by atoms with Gasteiger partial charge in [-0.05, 0) is 23.8 Å². The summed E-state index contributed by atoms with van der Waals surface area (Å²) in [6.07, 6.45) is 3.86. The highest BCUT2D eigenvalue weighted by Crippen LogP contribution is 2.18. The summed E-state index contributed by atoms with van der Waals surface area (Å²) in [7, 11) is 2.10. The molecular formula is C15H15N3. The topological polar surface area (TPSA) is 20.5 Å². The quantitative estimate of drug-likeness (QED) is 0.698. The highest BCUT2D eigenvalue weighted by Gasteiger charge is 2.07. The van der Waals surface area contributed by atoms with Crippen molar-refractivity contribution in [3.63, 3.8) is 0 Å². The van der Waals surface area contributed by atoms with Gasteiger partial charge in [0.05, 0.1) is 0 Å². The average Bonchev–Trinajstić information content (AvgIpc) is 2.84. The number of rotatable bonds is 3. The van der Waals surface area contributed by atoms with Crippen LogP contribution in [-0.2, 0) is 6.54 Å². The number of hydrogen-bond donors (Lipinski definition) is 0. The molecule has 3 rings (SSSR count). The van der Waals surface area contributed by atoms with Gasteiger partial charge in [-0.25, -0.2) is 4.98 Å². The molecule has 90 valence electrons. The van der Waals surface area contributed by atoms with Crippen molar-refractivity contribution >= 4 is 11.5 Å². The van der Waals surface area contributed by atoms with Crippen molar-refractivity contribution in [2.75, 3.05) is 11.9 Å². The summed E-state index contributed by atoms with van der Waals surface area (Å²) in [5.41, 5.74) is 2.28. The zero-order valence-corrected chi connectivity index (χ0v) is 10.3. The van der Waals surface area contributed by atoms with Crippen LogP contribution in [0.15, 0.2) is 60.9 Å². The van der Waals surface area contributed by atoms with E-state index in [2.05, 4.69) is 51.7 Å². The number of benzene rings is 1. The molecule has 0 saturated heterocycles. The Morgan fingerprint density at radius 1 is 1.06 bits per heavy atom. The first-order valence-electron chi connectivity index (χ1n) is 6.02. The van der Waals surface area contributed by atoms with E-state index in [1.807, 2.05) is 30.6 Å². The van der Waals surface area contributed by atoms with E-state index in [4.69, 9.17) is 0 Å². The van der Waals surface area contributed by atoms with Crippen LogP contribution < -0.4 is 4.90 Å². The van der Waals surface area contributed by atoms with E-state index in [1.165, 1.54) is 5.56 Å². The molecule has 18 heavy (non-hydrogen) atoms. The van der Waals surface area contributed by atoms with E-state index in [0.29, 0.717) is 0 Å². The average molecular weight is 237 g/mol. The number of anilines is 1. The normalized spacial score (nSPS) is 10.7. The van der Waals surface area contributed by atoms with Crippen LogP contribution in [0.3, 0.4) is 0 Å². The summed E-state index contributed by atoms with van der Waals surface area (Å²) < 4.78 is 2.10. The Bertz CT molecular complexity index is 643. The lowest BCUT2D eigenvalue weighted by Gasteiger charge is -2.19. The minimum atomic E-state index is 0.891. The summed E-state index contributed by atoms with van der Waals surface area (Å²) in [5.74, 6) is 1.15. The third-order valence-corrected chi connectivity index (χ3v) is 3.06. The van der Waals surface area contributed by atoms with E-state index < -0.39 is 0 Å². The van der Waals surface area contributed by atoms with E-state index in [9.17, 15) is 0 Å². The minimum Gasteiger partial charge on any atom is -0.356 e. The van der Waals surface area contributed by atoms with Gasteiger partial charge in [-0.1, -0.05) is 30.3 Å². The van der Waals surface area contributed by atoms with Crippen molar-refractivity contribution in [3.05, 3.63) is 66.5 Å². The molecule has 0 unspecified atom stereocenters. The number of nitrogens with zero attached hydrogens (tertiary/aromatic N) is 3. The van der Waals surface area contributed by atoms with Crippen LogP contribution in [0, 0.1) is 0 Å². The fraction of sp³-hybridized carbons (Fsp3) is 0.133. The SMILES string of the molecule is CN(Cc1ccccc1)c1ccc2ncccn12. The fourth-order valence-electron chi connectivity index (χ4n) is 2.18. The molecule has 0 fully saturated rings. The Balaban J connectivity index is 1.90. The smallest absolute Gasteiger partial charge is 0.138 e. The monoisotopic (exact) mass is 237 g/mol. The van der Waals surface area contributed by atoms with E-state index >= 15 is 0 Å². The molecule has 0 saturated carbocycles. The predicted octanol–water partition coefficient (Wildman–Crippen LogP) is 2.97. The van der Waals surface area contributed by atoms with Crippen LogP contribution >= 0.6 is 0 Å². The maximum absolute atomic E-state index is 4.33. The molecule has 0 radical (unpaired) electrons. The zero-order valence-electron chi connectivity index (χ0n) is 10.3. The molecule has 0 N–H and O–H groups in total.